The molecule has 2 rings (SSSR count). The van der Waals surface area contributed by atoms with Gasteiger partial charge in [0.25, 0.3) is 0 Å². The molecular formula is C27H44INO3S2. The summed E-state index contributed by atoms with van der Waals surface area (Å²) in [6.45, 7) is 7.43. The molecule has 1 saturated heterocycles. The van der Waals surface area contributed by atoms with Crippen LogP contribution < -0.4 is 0 Å². The third-order valence-corrected chi connectivity index (χ3v) is 8.59. The minimum absolute atomic E-state index is 0.185. The van der Waals surface area contributed by atoms with E-state index in [1.54, 1.807) is 6.07 Å². The Morgan fingerprint density at radius 3 is 1.82 bits per heavy atom. The zero-order chi connectivity index (χ0) is 25.0. The predicted octanol–water partition coefficient (Wildman–Crippen LogP) is 7.24. The van der Waals surface area contributed by atoms with Crippen molar-refractivity contribution in [3.63, 3.8) is 0 Å². The lowest BCUT2D eigenvalue weighted by Gasteiger charge is -2.40. The third-order valence-electron chi connectivity index (χ3n) is 6.42. The number of nitrogens with zero attached hydrogens (tertiary/aromatic N) is 1. The molecule has 194 valence electrons. The van der Waals surface area contributed by atoms with Gasteiger partial charge in [-0.25, -0.2) is 8.42 Å². The highest BCUT2D eigenvalue weighted by Crippen LogP contribution is 2.20. The van der Waals surface area contributed by atoms with Crippen molar-refractivity contribution in [2.75, 3.05) is 37.7 Å². The van der Waals surface area contributed by atoms with Crippen LogP contribution in [0.4, 0.5) is 0 Å². The molecule has 1 heterocycles. The lowest BCUT2D eigenvalue weighted by molar-refractivity contribution is -0.918. The summed E-state index contributed by atoms with van der Waals surface area (Å²) in [4.78, 5) is -0.185. The van der Waals surface area contributed by atoms with Crippen molar-refractivity contribution in [3.05, 3.63) is 30.3 Å². The Balaban J connectivity index is 0.000000479. The van der Waals surface area contributed by atoms with Crippen LogP contribution in [0.1, 0.15) is 84.0 Å². The van der Waals surface area contributed by atoms with Gasteiger partial charge in [0.05, 0.1) is 24.5 Å². The molecule has 1 fully saturated rings. The Kier molecular flexibility index (Phi) is 18.6. The zero-order valence-corrected chi connectivity index (χ0v) is 24.8. The minimum Gasteiger partial charge on any atom is -0.744 e. The number of hydrogen-bond acceptors (Lipinski definition) is 4. The number of hydrogen-bond donors (Lipinski definition) is 0. The average molecular weight is 622 g/mol. The summed E-state index contributed by atoms with van der Waals surface area (Å²) >= 11 is 4.32. The first kappa shape index (κ1) is 31.8. The molecule has 1 aliphatic heterocycles. The number of quaternary nitrogens is 1. The lowest BCUT2D eigenvalue weighted by atomic mass is 10.0. The normalized spacial score (nSPS) is 15.0. The highest BCUT2D eigenvalue weighted by Gasteiger charge is 2.28. The van der Waals surface area contributed by atoms with Crippen molar-refractivity contribution in [1.29, 1.82) is 0 Å². The Morgan fingerprint density at radius 2 is 1.38 bits per heavy atom. The van der Waals surface area contributed by atoms with Crippen molar-refractivity contribution in [2.45, 2.75) is 88.9 Å². The van der Waals surface area contributed by atoms with Crippen molar-refractivity contribution in [3.8, 4) is 9.85 Å². The molecule has 0 spiro atoms. The van der Waals surface area contributed by atoms with Gasteiger partial charge in [0.15, 0.2) is 0 Å². The summed E-state index contributed by atoms with van der Waals surface area (Å²) in [6, 6.07) is 7.19. The van der Waals surface area contributed by atoms with E-state index in [2.05, 4.69) is 51.1 Å². The predicted molar refractivity (Wildman–Crippen MR) is 154 cm³/mol. The molecule has 0 aromatic heterocycles. The molecule has 0 unspecified atom stereocenters. The Morgan fingerprint density at radius 1 is 0.882 bits per heavy atom. The quantitative estimate of drug-likeness (QED) is 0.0682. The summed E-state index contributed by atoms with van der Waals surface area (Å²) in [7, 11) is -4.25. The van der Waals surface area contributed by atoms with Gasteiger partial charge in [-0.15, -0.1) is 0 Å². The first-order valence-corrected chi connectivity index (χ1v) is 16.6. The first-order valence-electron chi connectivity index (χ1n) is 13.0. The number of thioether (sulfide) groups is 1. The van der Waals surface area contributed by atoms with Crippen molar-refractivity contribution >= 4 is 44.5 Å². The monoisotopic (exact) mass is 621 g/mol. The maximum Gasteiger partial charge on any atom is 0.141 e. The second-order valence-corrected chi connectivity index (χ2v) is 12.4. The van der Waals surface area contributed by atoms with Crippen LogP contribution in [0.25, 0.3) is 0 Å². The summed E-state index contributed by atoms with van der Waals surface area (Å²) in [5.41, 5.74) is 0. The van der Waals surface area contributed by atoms with Gasteiger partial charge in [-0.1, -0.05) is 89.3 Å². The van der Waals surface area contributed by atoms with Crippen LogP contribution in [0, 0.1) is 9.85 Å². The third kappa shape index (κ3) is 15.7. The van der Waals surface area contributed by atoms with Gasteiger partial charge < -0.3 is 9.04 Å². The standard InChI is InChI=1S/C21H39INS.C6H6O3S/c1-2-3-4-5-6-7-8-9-10-11-12-13-16-23(17-14-15-22)18-20-24-21-19-23;7-10(8,9)6-4-2-1-3-5-6/h2-13,16-21H2,1H3;1-5H,(H,7,8,9)/q+1;/p-1. The molecule has 0 saturated carbocycles. The van der Waals surface area contributed by atoms with E-state index in [1.807, 2.05) is 0 Å². The van der Waals surface area contributed by atoms with Crippen molar-refractivity contribution in [1.82, 2.24) is 0 Å². The first-order chi connectivity index (χ1) is 16.4. The van der Waals surface area contributed by atoms with E-state index in [-0.39, 0.29) is 4.90 Å². The van der Waals surface area contributed by atoms with Crippen LogP contribution in [0.3, 0.4) is 0 Å². The molecule has 1 aromatic rings. The van der Waals surface area contributed by atoms with Crippen molar-refractivity contribution in [2.24, 2.45) is 0 Å². The van der Waals surface area contributed by atoms with Crippen LogP contribution in [0.15, 0.2) is 35.2 Å². The lowest BCUT2D eigenvalue weighted by Crippen LogP contribution is -2.54. The van der Waals surface area contributed by atoms with E-state index in [4.69, 9.17) is 0 Å². The topological polar surface area (TPSA) is 57.2 Å². The smallest absolute Gasteiger partial charge is 0.141 e. The molecule has 0 bridgehead atoms. The molecule has 34 heavy (non-hydrogen) atoms. The molecule has 7 heteroatoms. The average Bonchev–Trinajstić information content (AvgIpc) is 2.84. The van der Waals surface area contributed by atoms with E-state index in [1.165, 1.54) is 137 Å². The van der Waals surface area contributed by atoms with Gasteiger partial charge in [-0.05, 0) is 34.8 Å². The van der Waals surface area contributed by atoms with Gasteiger partial charge in [0.1, 0.15) is 16.7 Å². The highest BCUT2D eigenvalue weighted by atomic mass is 127. The molecule has 0 amide bonds. The van der Waals surface area contributed by atoms with E-state index < -0.39 is 10.1 Å². The van der Waals surface area contributed by atoms with Gasteiger partial charge in [-0.3, -0.25) is 0 Å². The Bertz CT molecular complexity index is 785. The number of rotatable bonds is 15. The molecule has 0 radical (unpaired) electrons. The number of halogens is 1. The largest absolute Gasteiger partial charge is 0.744 e. The maximum absolute atomic E-state index is 10.3. The van der Waals surface area contributed by atoms with Gasteiger partial charge in [-0.2, -0.15) is 11.8 Å². The molecule has 1 aliphatic rings. The molecular weight excluding hydrogens is 577 g/mol. The van der Waals surface area contributed by atoms with Crippen LogP contribution in [0.2, 0.25) is 0 Å². The molecule has 1 aromatic carbocycles. The number of benzene rings is 1. The summed E-state index contributed by atoms with van der Waals surface area (Å²) in [5, 5.41) is 0. The van der Waals surface area contributed by atoms with Crippen LogP contribution in [-0.2, 0) is 10.1 Å². The Labute approximate surface area is 227 Å². The second kappa shape index (κ2) is 19.9. The molecule has 4 nitrogen and oxygen atoms in total. The summed E-state index contributed by atoms with van der Waals surface area (Å²) in [6.07, 6.45) is 17.3. The van der Waals surface area contributed by atoms with Gasteiger partial charge in [0.2, 0.25) is 0 Å². The van der Waals surface area contributed by atoms with E-state index in [0.717, 1.165) is 6.54 Å². The van der Waals surface area contributed by atoms with E-state index in [0.29, 0.717) is 0 Å². The van der Waals surface area contributed by atoms with Gasteiger partial charge >= 0.3 is 0 Å². The fourth-order valence-corrected chi connectivity index (χ4v) is 6.16. The van der Waals surface area contributed by atoms with Crippen LogP contribution in [-0.4, -0.2) is 55.1 Å². The summed E-state index contributed by atoms with van der Waals surface area (Å²) < 4.78 is 35.2. The van der Waals surface area contributed by atoms with Gasteiger partial charge in [0, 0.05) is 34.1 Å². The molecule has 0 N–H and O–H groups in total. The fraction of sp³-hybridized carbons (Fsp3) is 0.704. The van der Waals surface area contributed by atoms with Crippen molar-refractivity contribution < 1.29 is 17.5 Å². The van der Waals surface area contributed by atoms with E-state index in [9.17, 15) is 13.0 Å². The maximum atomic E-state index is 10.3. The molecule has 0 aliphatic carbocycles. The summed E-state index contributed by atoms with van der Waals surface area (Å²) in [5.74, 6) is 6.02. The van der Waals surface area contributed by atoms with Crippen LogP contribution >= 0.6 is 34.4 Å². The fourth-order valence-electron chi connectivity index (χ4n) is 4.26. The SMILES string of the molecule is CCCCCCCCCCCCCC[N+]1(CC#CI)CCSCC1.O=S(=O)([O-])c1ccccc1. The minimum atomic E-state index is -4.25. The number of unbranched alkanes of at least 4 members (excludes halogenated alkanes) is 11. The van der Waals surface area contributed by atoms with E-state index >= 15 is 0 Å². The highest BCUT2D eigenvalue weighted by molar-refractivity contribution is 14.1. The Hall–Kier alpha value is -0.270. The van der Waals surface area contributed by atoms with Crippen LogP contribution in [0.5, 0.6) is 0 Å². The second-order valence-electron chi connectivity index (χ2n) is 9.21. The zero-order valence-electron chi connectivity index (χ0n) is 21.0. The molecule has 0 atom stereocenters.